The zero-order chi connectivity index (χ0) is 19.5. The van der Waals surface area contributed by atoms with Crippen LogP contribution in [0.15, 0.2) is 61.1 Å². The summed E-state index contributed by atoms with van der Waals surface area (Å²) in [6.07, 6.45) is 9.05. The van der Waals surface area contributed by atoms with Gasteiger partial charge in [0.15, 0.2) is 0 Å². The molecule has 0 fully saturated rings. The molecule has 0 spiro atoms. The van der Waals surface area contributed by atoms with E-state index in [1.54, 1.807) is 19.5 Å². The monoisotopic (exact) mass is 373 g/mol. The maximum Gasteiger partial charge on any atom is 0.244 e. The number of nitrogens with one attached hydrogen (secondary N) is 1. The van der Waals surface area contributed by atoms with Crippen LogP contribution in [0.1, 0.15) is 34.8 Å². The third-order valence-electron chi connectivity index (χ3n) is 5.07. The second-order valence-electron chi connectivity index (χ2n) is 6.99. The summed E-state index contributed by atoms with van der Waals surface area (Å²) in [5, 5.41) is 3.10. The van der Waals surface area contributed by atoms with Gasteiger partial charge < -0.3 is 14.6 Å². The molecule has 0 unspecified atom stereocenters. The van der Waals surface area contributed by atoms with E-state index in [0.29, 0.717) is 0 Å². The van der Waals surface area contributed by atoms with Crippen molar-refractivity contribution in [2.75, 3.05) is 7.11 Å². The Kier molecular flexibility index (Phi) is 4.98. The van der Waals surface area contributed by atoms with Crippen molar-refractivity contribution in [3.05, 3.63) is 83.4 Å². The van der Waals surface area contributed by atoms with Crippen LogP contribution in [-0.4, -0.2) is 22.6 Å². The minimum Gasteiger partial charge on any atom is -0.495 e. The molecule has 0 radical (unpaired) electrons. The third kappa shape index (κ3) is 3.69. The normalized spacial score (nSPS) is 15.6. The zero-order valence-corrected chi connectivity index (χ0v) is 16.1. The fourth-order valence-electron chi connectivity index (χ4n) is 3.66. The maximum atomic E-state index is 12.4. The highest BCUT2D eigenvalue weighted by atomic mass is 16.5. The second kappa shape index (κ2) is 7.72. The van der Waals surface area contributed by atoms with E-state index in [1.807, 2.05) is 54.1 Å². The molecular weight excluding hydrogens is 350 g/mol. The molecule has 1 aromatic heterocycles. The lowest BCUT2D eigenvalue weighted by atomic mass is 10.1. The number of rotatable bonds is 5. The molecule has 3 aromatic rings. The van der Waals surface area contributed by atoms with Crippen LogP contribution in [0.4, 0.5) is 0 Å². The van der Waals surface area contributed by atoms with E-state index in [0.717, 1.165) is 35.5 Å². The average molecular weight is 373 g/mol. The van der Waals surface area contributed by atoms with Gasteiger partial charge in [-0.3, -0.25) is 4.79 Å². The van der Waals surface area contributed by atoms with Crippen LogP contribution in [0.3, 0.4) is 0 Å². The molecule has 5 heteroatoms. The Labute approximate surface area is 164 Å². The number of carbonyl (C=O) groups excluding carboxylic acids is 1. The predicted octanol–water partition coefficient (Wildman–Crippen LogP) is 4.01. The fraction of sp³-hybridized carbons (Fsp3) is 0.217. The summed E-state index contributed by atoms with van der Waals surface area (Å²) in [5.74, 6) is 0.639. The number of ether oxygens (including phenoxy) is 1. The Hall–Kier alpha value is -3.34. The first-order valence-electron chi connectivity index (χ1n) is 9.39. The third-order valence-corrected chi connectivity index (χ3v) is 5.07. The smallest absolute Gasteiger partial charge is 0.244 e. The van der Waals surface area contributed by atoms with E-state index in [1.165, 1.54) is 11.1 Å². The summed E-state index contributed by atoms with van der Waals surface area (Å²) in [4.78, 5) is 16.6. The minimum atomic E-state index is -0.0880. The molecule has 1 aliphatic rings. The Bertz CT molecular complexity index is 1040. The first kappa shape index (κ1) is 18.0. The molecule has 1 aliphatic carbocycles. The summed E-state index contributed by atoms with van der Waals surface area (Å²) in [6.45, 7) is 1.95. The lowest BCUT2D eigenvalue weighted by Crippen LogP contribution is -2.25. The van der Waals surface area contributed by atoms with Gasteiger partial charge in [0.2, 0.25) is 5.91 Å². The Morgan fingerprint density at radius 1 is 1.29 bits per heavy atom. The van der Waals surface area contributed by atoms with Crippen LogP contribution in [0, 0.1) is 6.92 Å². The quantitative estimate of drug-likeness (QED) is 0.688. The van der Waals surface area contributed by atoms with Crippen molar-refractivity contribution in [1.82, 2.24) is 14.9 Å². The molecule has 0 saturated heterocycles. The summed E-state index contributed by atoms with van der Waals surface area (Å²) < 4.78 is 7.44. The minimum absolute atomic E-state index is 0.0880. The molecule has 4 rings (SSSR count). The summed E-state index contributed by atoms with van der Waals surface area (Å²) >= 11 is 0. The highest BCUT2D eigenvalue weighted by Crippen LogP contribution is 2.30. The summed E-state index contributed by atoms with van der Waals surface area (Å²) in [5.41, 5.74) is 5.31. The molecular formula is C23H23N3O2. The van der Waals surface area contributed by atoms with Gasteiger partial charge in [-0.2, -0.15) is 0 Å². The topological polar surface area (TPSA) is 56.1 Å². The number of fused-ring (bicyclic) bond motifs is 1. The van der Waals surface area contributed by atoms with Gasteiger partial charge in [0.05, 0.1) is 30.9 Å². The van der Waals surface area contributed by atoms with Gasteiger partial charge in [0.1, 0.15) is 5.75 Å². The largest absolute Gasteiger partial charge is 0.495 e. The van der Waals surface area contributed by atoms with Crippen molar-refractivity contribution in [1.29, 1.82) is 0 Å². The van der Waals surface area contributed by atoms with E-state index in [4.69, 9.17) is 4.74 Å². The molecule has 2 aromatic carbocycles. The molecule has 1 amide bonds. The van der Waals surface area contributed by atoms with Crippen LogP contribution in [0.25, 0.3) is 11.8 Å². The van der Waals surface area contributed by atoms with Gasteiger partial charge in [-0.15, -0.1) is 0 Å². The van der Waals surface area contributed by atoms with Gasteiger partial charge >= 0.3 is 0 Å². The zero-order valence-electron chi connectivity index (χ0n) is 16.1. The molecule has 142 valence electrons. The van der Waals surface area contributed by atoms with Crippen molar-refractivity contribution in [2.24, 2.45) is 0 Å². The standard InChI is InChI=1S/C23H23N3O2/c1-16-14-26(15-24-16)21-11-7-17(13-22(21)28-2)8-12-23(27)25-20-10-9-18-5-3-4-6-19(18)20/h3-8,11-15,20H,9-10H2,1-2H3,(H,25,27)/t20-/m0/s1. The average Bonchev–Trinajstić information content (AvgIpc) is 3.33. The fourth-order valence-corrected chi connectivity index (χ4v) is 3.66. The number of imidazole rings is 1. The number of aryl methyl sites for hydroxylation is 2. The lowest BCUT2D eigenvalue weighted by molar-refractivity contribution is -0.117. The number of nitrogens with zero attached hydrogens (tertiary/aromatic N) is 2. The molecule has 1 N–H and O–H groups in total. The van der Waals surface area contributed by atoms with E-state index >= 15 is 0 Å². The first-order chi connectivity index (χ1) is 13.6. The number of aromatic nitrogens is 2. The van der Waals surface area contributed by atoms with Crippen LogP contribution < -0.4 is 10.1 Å². The van der Waals surface area contributed by atoms with E-state index in [2.05, 4.69) is 22.4 Å². The predicted molar refractivity (Wildman–Crippen MR) is 110 cm³/mol. The molecule has 0 saturated carbocycles. The van der Waals surface area contributed by atoms with Crippen molar-refractivity contribution in [3.8, 4) is 11.4 Å². The van der Waals surface area contributed by atoms with Crippen LogP contribution >= 0.6 is 0 Å². The van der Waals surface area contributed by atoms with Crippen molar-refractivity contribution < 1.29 is 9.53 Å². The summed E-state index contributed by atoms with van der Waals surface area (Å²) in [6, 6.07) is 14.2. The van der Waals surface area contributed by atoms with Crippen molar-refractivity contribution in [2.45, 2.75) is 25.8 Å². The van der Waals surface area contributed by atoms with Gasteiger partial charge in [-0.25, -0.2) is 4.98 Å². The first-order valence-corrected chi connectivity index (χ1v) is 9.39. The van der Waals surface area contributed by atoms with Gasteiger partial charge in [0, 0.05) is 12.3 Å². The Morgan fingerprint density at radius 2 is 2.14 bits per heavy atom. The van der Waals surface area contributed by atoms with Crippen LogP contribution in [0.5, 0.6) is 5.75 Å². The number of hydrogen-bond acceptors (Lipinski definition) is 3. The SMILES string of the molecule is COc1cc(C=CC(=O)N[C@H]2CCc3ccccc32)ccc1-n1cnc(C)c1. The van der Waals surface area contributed by atoms with Crippen LogP contribution in [0.2, 0.25) is 0 Å². The number of amides is 1. The molecule has 0 aliphatic heterocycles. The van der Waals surface area contributed by atoms with Crippen LogP contribution in [-0.2, 0) is 11.2 Å². The number of benzene rings is 2. The number of methoxy groups -OCH3 is 1. The summed E-state index contributed by atoms with van der Waals surface area (Å²) in [7, 11) is 1.64. The lowest BCUT2D eigenvalue weighted by Gasteiger charge is -2.12. The molecule has 1 heterocycles. The highest BCUT2D eigenvalue weighted by Gasteiger charge is 2.22. The Morgan fingerprint density at radius 3 is 2.93 bits per heavy atom. The van der Waals surface area contributed by atoms with Gasteiger partial charge in [-0.05, 0) is 54.7 Å². The molecule has 28 heavy (non-hydrogen) atoms. The second-order valence-corrected chi connectivity index (χ2v) is 6.99. The van der Waals surface area contributed by atoms with Gasteiger partial charge in [-0.1, -0.05) is 30.3 Å². The Balaban J connectivity index is 1.46. The molecule has 0 bridgehead atoms. The molecule has 1 atom stereocenters. The number of carbonyl (C=O) groups is 1. The maximum absolute atomic E-state index is 12.4. The van der Waals surface area contributed by atoms with Gasteiger partial charge in [0.25, 0.3) is 0 Å². The van der Waals surface area contributed by atoms with E-state index in [9.17, 15) is 4.79 Å². The van der Waals surface area contributed by atoms with E-state index < -0.39 is 0 Å². The number of hydrogen-bond donors (Lipinski definition) is 1. The van der Waals surface area contributed by atoms with E-state index in [-0.39, 0.29) is 11.9 Å². The highest BCUT2D eigenvalue weighted by molar-refractivity contribution is 5.92. The molecule has 5 nitrogen and oxygen atoms in total. The van der Waals surface area contributed by atoms with Crippen molar-refractivity contribution in [3.63, 3.8) is 0 Å². The van der Waals surface area contributed by atoms with Crippen molar-refractivity contribution >= 4 is 12.0 Å².